The second-order valence-electron chi connectivity index (χ2n) is 4.34. The van der Waals surface area contributed by atoms with Crippen LogP contribution in [-0.4, -0.2) is 40.2 Å². The summed E-state index contributed by atoms with van der Waals surface area (Å²) < 4.78 is 0. The summed E-state index contributed by atoms with van der Waals surface area (Å²) in [6.07, 6.45) is 0. The molecule has 0 aliphatic heterocycles. The average Bonchev–Trinajstić information content (AvgIpc) is 2.52. The lowest BCUT2D eigenvalue weighted by Crippen LogP contribution is -2.35. The van der Waals surface area contributed by atoms with Crippen LogP contribution in [0.2, 0.25) is 0 Å². The predicted octanol–water partition coefficient (Wildman–Crippen LogP) is -0.365. The van der Waals surface area contributed by atoms with Gasteiger partial charge in [-0.3, -0.25) is 14.4 Å². The van der Waals surface area contributed by atoms with E-state index in [4.69, 9.17) is 0 Å². The number of nitrogens with zero attached hydrogens (tertiary/aromatic N) is 1. The lowest BCUT2D eigenvalue weighted by atomic mass is 10.2. The minimum Gasteiger partial charge on any atom is -0.507 e. The summed E-state index contributed by atoms with van der Waals surface area (Å²) in [7, 11) is 0. The van der Waals surface area contributed by atoms with Crippen LogP contribution in [0.5, 0.6) is 5.75 Å². The maximum Gasteiger partial charge on any atom is 0.271 e. The molecule has 0 fully saturated rings. The van der Waals surface area contributed by atoms with Crippen molar-refractivity contribution < 1.29 is 14.7 Å². The molecule has 0 atom stereocenters. The molecule has 4 N–H and O–H groups in total. The molecule has 0 saturated heterocycles. The third-order valence-corrected chi connectivity index (χ3v) is 2.76. The first kappa shape index (κ1) is 15.2. The minimum absolute atomic E-state index is 0.0756. The van der Waals surface area contributed by atoms with E-state index in [2.05, 4.69) is 20.8 Å². The highest BCUT2D eigenvalue weighted by Crippen LogP contribution is 2.14. The number of rotatable bonds is 5. The Morgan fingerprint density at radius 3 is 2.36 bits per heavy atom. The third-order valence-electron chi connectivity index (χ3n) is 2.76. The van der Waals surface area contributed by atoms with Gasteiger partial charge in [-0.25, -0.2) is 5.10 Å². The number of carbonyl (C=O) groups excluding carboxylic acids is 2. The number of phenols is 1. The van der Waals surface area contributed by atoms with E-state index in [0.29, 0.717) is 0 Å². The number of nitrogens with one attached hydrogen (secondary N) is 3. The Hall–Kier alpha value is -3.16. The van der Waals surface area contributed by atoms with Crippen LogP contribution in [0, 0.1) is 0 Å². The summed E-state index contributed by atoms with van der Waals surface area (Å²) in [6, 6.07) is 8.66. The van der Waals surface area contributed by atoms with E-state index < -0.39 is 17.4 Å². The van der Waals surface area contributed by atoms with E-state index >= 15 is 0 Å². The molecule has 0 radical (unpaired) electrons. The molecular formula is C14H14N4O4. The highest BCUT2D eigenvalue weighted by Gasteiger charge is 2.10. The first-order valence-electron chi connectivity index (χ1n) is 6.48. The van der Waals surface area contributed by atoms with Gasteiger partial charge < -0.3 is 15.7 Å². The smallest absolute Gasteiger partial charge is 0.271 e. The van der Waals surface area contributed by atoms with E-state index in [1.807, 2.05) is 0 Å². The quantitative estimate of drug-likeness (QED) is 0.561. The van der Waals surface area contributed by atoms with E-state index in [-0.39, 0.29) is 30.1 Å². The lowest BCUT2D eigenvalue weighted by Gasteiger charge is -2.07. The summed E-state index contributed by atoms with van der Waals surface area (Å²) in [5.41, 5.74) is -0.158. The van der Waals surface area contributed by atoms with Gasteiger partial charge in [0.15, 0.2) is 0 Å². The molecule has 0 bridgehead atoms. The lowest BCUT2D eigenvalue weighted by molar-refractivity contribution is 0.0923. The zero-order valence-corrected chi connectivity index (χ0v) is 11.5. The summed E-state index contributed by atoms with van der Waals surface area (Å²) >= 11 is 0. The first-order valence-corrected chi connectivity index (χ1v) is 6.48. The van der Waals surface area contributed by atoms with Crippen molar-refractivity contribution >= 4 is 11.8 Å². The first-order chi connectivity index (χ1) is 10.6. The van der Waals surface area contributed by atoms with Gasteiger partial charge in [0.1, 0.15) is 11.4 Å². The monoisotopic (exact) mass is 302 g/mol. The normalized spacial score (nSPS) is 10.0. The Kier molecular flexibility index (Phi) is 4.86. The highest BCUT2D eigenvalue weighted by atomic mass is 16.3. The number of amides is 2. The standard InChI is InChI=1S/C14H14N4O4/c19-11-4-2-1-3-9(11)13(21)15-7-8-16-14(22)10-5-6-12(20)18-17-10/h1-6,19H,7-8H2,(H,15,21)(H,16,22)(H,18,20). The molecule has 8 heteroatoms. The van der Waals surface area contributed by atoms with Gasteiger partial charge in [0.05, 0.1) is 5.56 Å². The topological polar surface area (TPSA) is 124 Å². The molecule has 2 amide bonds. The number of phenolic OH excluding ortho intramolecular Hbond substituents is 1. The summed E-state index contributed by atoms with van der Waals surface area (Å²) in [4.78, 5) is 34.3. The van der Waals surface area contributed by atoms with Crippen LogP contribution in [0.4, 0.5) is 0 Å². The van der Waals surface area contributed by atoms with Gasteiger partial charge in [-0.15, -0.1) is 0 Å². The van der Waals surface area contributed by atoms with E-state index in [1.165, 1.54) is 24.3 Å². The van der Waals surface area contributed by atoms with Crippen LogP contribution in [0.15, 0.2) is 41.2 Å². The fourth-order valence-corrected chi connectivity index (χ4v) is 1.67. The number of para-hydroxylation sites is 1. The van der Waals surface area contributed by atoms with Crippen molar-refractivity contribution in [2.75, 3.05) is 13.1 Å². The van der Waals surface area contributed by atoms with Crippen molar-refractivity contribution in [2.24, 2.45) is 0 Å². The largest absolute Gasteiger partial charge is 0.507 e. The van der Waals surface area contributed by atoms with Crippen molar-refractivity contribution in [1.29, 1.82) is 0 Å². The Morgan fingerprint density at radius 2 is 1.73 bits per heavy atom. The molecular weight excluding hydrogens is 288 g/mol. The number of H-pyrrole nitrogens is 1. The predicted molar refractivity (Wildman–Crippen MR) is 77.6 cm³/mol. The van der Waals surface area contributed by atoms with Gasteiger partial charge in [-0.2, -0.15) is 5.10 Å². The summed E-state index contributed by atoms with van der Waals surface area (Å²) in [6.45, 7) is 0.362. The Morgan fingerprint density at radius 1 is 1.05 bits per heavy atom. The molecule has 0 saturated carbocycles. The van der Waals surface area contributed by atoms with Crippen molar-refractivity contribution in [3.05, 3.63) is 58.0 Å². The molecule has 1 aromatic heterocycles. The molecule has 0 aliphatic rings. The van der Waals surface area contributed by atoms with Gasteiger partial charge in [0.2, 0.25) is 0 Å². The van der Waals surface area contributed by atoms with E-state index in [9.17, 15) is 19.5 Å². The molecule has 1 aromatic carbocycles. The summed E-state index contributed by atoms with van der Waals surface area (Å²) in [5, 5.41) is 20.4. The fourth-order valence-electron chi connectivity index (χ4n) is 1.67. The van der Waals surface area contributed by atoms with Crippen LogP contribution >= 0.6 is 0 Å². The Bertz CT molecular complexity index is 721. The Balaban J connectivity index is 1.78. The second kappa shape index (κ2) is 7.02. The SMILES string of the molecule is O=C(NCCNC(=O)c1ccccc1O)c1ccc(=O)[nH]n1. The van der Waals surface area contributed by atoms with Gasteiger partial charge in [-0.05, 0) is 18.2 Å². The van der Waals surface area contributed by atoms with Crippen molar-refractivity contribution in [1.82, 2.24) is 20.8 Å². The van der Waals surface area contributed by atoms with Crippen LogP contribution in [0.1, 0.15) is 20.8 Å². The number of benzene rings is 1. The second-order valence-corrected chi connectivity index (χ2v) is 4.34. The molecule has 8 nitrogen and oxygen atoms in total. The highest BCUT2D eigenvalue weighted by molar-refractivity contribution is 5.96. The van der Waals surface area contributed by atoms with E-state index in [0.717, 1.165) is 0 Å². The fraction of sp³-hybridized carbons (Fsp3) is 0.143. The molecule has 0 aliphatic carbocycles. The van der Waals surface area contributed by atoms with Gasteiger partial charge in [0, 0.05) is 19.2 Å². The molecule has 114 valence electrons. The van der Waals surface area contributed by atoms with Crippen molar-refractivity contribution in [3.63, 3.8) is 0 Å². The number of aromatic nitrogens is 2. The maximum atomic E-state index is 11.8. The zero-order valence-electron chi connectivity index (χ0n) is 11.5. The number of aromatic amines is 1. The zero-order chi connectivity index (χ0) is 15.9. The number of aromatic hydroxyl groups is 1. The number of hydrogen-bond donors (Lipinski definition) is 4. The van der Waals surface area contributed by atoms with Crippen LogP contribution < -0.4 is 16.2 Å². The van der Waals surface area contributed by atoms with Crippen LogP contribution in [0.25, 0.3) is 0 Å². The molecule has 22 heavy (non-hydrogen) atoms. The molecule has 0 spiro atoms. The van der Waals surface area contributed by atoms with Gasteiger partial charge >= 0.3 is 0 Å². The number of carbonyl (C=O) groups is 2. The molecule has 1 heterocycles. The van der Waals surface area contributed by atoms with E-state index in [1.54, 1.807) is 12.1 Å². The summed E-state index contributed by atoms with van der Waals surface area (Å²) in [5.74, 6) is -1.01. The molecule has 2 aromatic rings. The minimum atomic E-state index is -0.465. The maximum absolute atomic E-state index is 11.8. The molecule has 0 unspecified atom stereocenters. The van der Waals surface area contributed by atoms with Gasteiger partial charge in [0.25, 0.3) is 17.4 Å². The Labute approximate surface area is 125 Å². The number of hydrogen-bond acceptors (Lipinski definition) is 5. The van der Waals surface area contributed by atoms with Crippen molar-refractivity contribution in [2.45, 2.75) is 0 Å². The van der Waals surface area contributed by atoms with Crippen LogP contribution in [0.3, 0.4) is 0 Å². The van der Waals surface area contributed by atoms with Gasteiger partial charge in [-0.1, -0.05) is 12.1 Å². The van der Waals surface area contributed by atoms with Crippen molar-refractivity contribution in [3.8, 4) is 5.75 Å². The third kappa shape index (κ3) is 3.92. The average molecular weight is 302 g/mol. The van der Waals surface area contributed by atoms with Crippen LogP contribution in [-0.2, 0) is 0 Å². The molecule has 2 rings (SSSR count).